The third kappa shape index (κ3) is 1.62. The van der Waals surface area contributed by atoms with Crippen LogP contribution >= 0.6 is 0 Å². The highest BCUT2D eigenvalue weighted by atomic mass is 16.3. The van der Waals surface area contributed by atoms with Crippen molar-refractivity contribution in [2.75, 3.05) is 14.1 Å². The largest absolute Gasteiger partial charge is 0.508 e. The van der Waals surface area contributed by atoms with Crippen molar-refractivity contribution >= 4 is 0 Å². The van der Waals surface area contributed by atoms with Gasteiger partial charge in [-0.1, -0.05) is 12.1 Å². The fraction of sp³-hybridized carbons (Fsp3) is 0.500. The minimum atomic E-state index is 0.467. The summed E-state index contributed by atoms with van der Waals surface area (Å²) in [4.78, 5) is 2.25. The number of nitrogens with zero attached hydrogens (tertiary/aromatic N) is 1. The van der Waals surface area contributed by atoms with Crippen LogP contribution in [0.1, 0.15) is 17.5 Å². The molecular formula is C12H17NO. The summed E-state index contributed by atoms with van der Waals surface area (Å²) in [5.74, 6) is 0.467. The molecule has 14 heavy (non-hydrogen) atoms. The second-order valence-corrected chi connectivity index (χ2v) is 4.28. The van der Waals surface area contributed by atoms with Crippen molar-refractivity contribution in [3.63, 3.8) is 0 Å². The summed E-state index contributed by atoms with van der Waals surface area (Å²) in [6.45, 7) is 0. The highest BCUT2D eigenvalue weighted by molar-refractivity contribution is 5.41. The number of aromatic hydroxyl groups is 1. The van der Waals surface area contributed by atoms with Gasteiger partial charge in [0.2, 0.25) is 0 Å². The second-order valence-electron chi connectivity index (χ2n) is 4.28. The summed E-state index contributed by atoms with van der Waals surface area (Å²) in [6, 6.07) is 6.43. The zero-order chi connectivity index (χ0) is 10.1. The molecule has 1 aromatic rings. The quantitative estimate of drug-likeness (QED) is 0.731. The van der Waals surface area contributed by atoms with Crippen molar-refractivity contribution in [1.82, 2.24) is 4.90 Å². The average Bonchev–Trinajstić information content (AvgIpc) is 2.18. The number of rotatable bonds is 1. The molecule has 0 radical (unpaired) electrons. The number of phenols is 1. The number of likely N-dealkylation sites (N-methyl/N-ethyl adjacent to an activating group) is 1. The van der Waals surface area contributed by atoms with E-state index < -0.39 is 0 Å². The maximum atomic E-state index is 9.74. The van der Waals surface area contributed by atoms with Gasteiger partial charge in [-0.3, -0.25) is 0 Å². The Labute approximate surface area is 85.2 Å². The first-order valence-electron chi connectivity index (χ1n) is 5.14. The predicted octanol–water partition coefficient (Wildman–Crippen LogP) is 1.81. The minimum absolute atomic E-state index is 0.467. The van der Waals surface area contributed by atoms with Gasteiger partial charge in [-0.05, 0) is 50.6 Å². The number of benzene rings is 1. The van der Waals surface area contributed by atoms with E-state index in [1.165, 1.54) is 12.0 Å². The summed E-state index contributed by atoms with van der Waals surface area (Å²) in [6.07, 6.45) is 3.27. The molecule has 2 heteroatoms. The van der Waals surface area contributed by atoms with Gasteiger partial charge in [-0.2, -0.15) is 0 Å². The molecule has 1 N–H and O–H groups in total. The minimum Gasteiger partial charge on any atom is -0.508 e. The zero-order valence-electron chi connectivity index (χ0n) is 8.83. The summed E-state index contributed by atoms with van der Waals surface area (Å²) in [5, 5.41) is 9.74. The molecule has 0 aliphatic heterocycles. The normalized spacial score (nSPS) is 20.9. The fourth-order valence-corrected chi connectivity index (χ4v) is 2.19. The lowest BCUT2D eigenvalue weighted by molar-refractivity contribution is 0.265. The monoisotopic (exact) mass is 191 g/mol. The molecule has 0 bridgehead atoms. The van der Waals surface area contributed by atoms with Crippen molar-refractivity contribution in [3.8, 4) is 5.75 Å². The van der Waals surface area contributed by atoms with Crippen LogP contribution in [0.25, 0.3) is 0 Å². The van der Waals surface area contributed by atoms with Crippen molar-refractivity contribution in [2.24, 2.45) is 0 Å². The maximum absolute atomic E-state index is 9.74. The van der Waals surface area contributed by atoms with E-state index in [4.69, 9.17) is 0 Å². The van der Waals surface area contributed by atoms with Crippen LogP contribution in [0.15, 0.2) is 18.2 Å². The topological polar surface area (TPSA) is 23.5 Å². The molecule has 0 saturated carbocycles. The number of hydrogen-bond acceptors (Lipinski definition) is 2. The second kappa shape index (κ2) is 3.62. The van der Waals surface area contributed by atoms with Crippen LogP contribution in [-0.4, -0.2) is 30.1 Å². The van der Waals surface area contributed by atoms with E-state index in [9.17, 15) is 5.11 Å². The number of hydrogen-bond donors (Lipinski definition) is 1. The number of aryl methyl sites for hydroxylation is 1. The molecule has 0 fully saturated rings. The Morgan fingerprint density at radius 2 is 2.14 bits per heavy atom. The van der Waals surface area contributed by atoms with Gasteiger partial charge in [-0.15, -0.1) is 0 Å². The standard InChI is InChI=1S/C12H17NO/c1-13(2)10-7-6-9-4-3-5-12(14)11(9)8-10/h3-5,10,14H,6-8H2,1-2H3/t10-/m0/s1. The first kappa shape index (κ1) is 9.53. The highest BCUT2D eigenvalue weighted by Gasteiger charge is 2.21. The highest BCUT2D eigenvalue weighted by Crippen LogP contribution is 2.29. The van der Waals surface area contributed by atoms with Gasteiger partial charge in [0, 0.05) is 6.04 Å². The number of phenolic OH excluding ortho intramolecular Hbond substituents is 1. The Bertz CT molecular complexity index is 333. The van der Waals surface area contributed by atoms with Gasteiger partial charge >= 0.3 is 0 Å². The van der Waals surface area contributed by atoms with Crippen LogP contribution in [-0.2, 0) is 12.8 Å². The van der Waals surface area contributed by atoms with Crippen LogP contribution < -0.4 is 0 Å². The van der Waals surface area contributed by atoms with Crippen LogP contribution in [0.2, 0.25) is 0 Å². The molecule has 1 aliphatic rings. The molecule has 2 rings (SSSR count). The Hall–Kier alpha value is -1.02. The van der Waals surface area contributed by atoms with Gasteiger partial charge in [0.1, 0.15) is 5.75 Å². The van der Waals surface area contributed by atoms with E-state index >= 15 is 0 Å². The number of fused-ring (bicyclic) bond motifs is 1. The van der Waals surface area contributed by atoms with E-state index in [0.717, 1.165) is 18.4 Å². The van der Waals surface area contributed by atoms with Crippen LogP contribution in [0, 0.1) is 0 Å². The summed E-state index contributed by atoms with van der Waals surface area (Å²) >= 11 is 0. The maximum Gasteiger partial charge on any atom is 0.119 e. The molecule has 0 unspecified atom stereocenters. The predicted molar refractivity (Wildman–Crippen MR) is 57.6 cm³/mol. The van der Waals surface area contributed by atoms with Gasteiger partial charge < -0.3 is 10.0 Å². The molecule has 1 aliphatic carbocycles. The Kier molecular flexibility index (Phi) is 2.46. The Balaban J connectivity index is 2.29. The van der Waals surface area contributed by atoms with Gasteiger partial charge in [0.25, 0.3) is 0 Å². The molecule has 2 nitrogen and oxygen atoms in total. The average molecular weight is 191 g/mol. The third-order valence-electron chi connectivity index (χ3n) is 3.17. The lowest BCUT2D eigenvalue weighted by atomic mass is 9.87. The van der Waals surface area contributed by atoms with E-state index in [1.807, 2.05) is 6.07 Å². The first-order chi connectivity index (χ1) is 6.68. The Morgan fingerprint density at radius 3 is 2.86 bits per heavy atom. The van der Waals surface area contributed by atoms with E-state index in [1.54, 1.807) is 6.07 Å². The fourth-order valence-electron chi connectivity index (χ4n) is 2.19. The molecule has 0 aromatic heterocycles. The zero-order valence-corrected chi connectivity index (χ0v) is 8.83. The lowest BCUT2D eigenvalue weighted by Gasteiger charge is -2.30. The van der Waals surface area contributed by atoms with E-state index in [-0.39, 0.29) is 0 Å². The van der Waals surface area contributed by atoms with E-state index in [2.05, 4.69) is 25.1 Å². The van der Waals surface area contributed by atoms with Crippen LogP contribution in [0.5, 0.6) is 5.75 Å². The lowest BCUT2D eigenvalue weighted by Crippen LogP contribution is -2.33. The molecule has 1 aromatic carbocycles. The third-order valence-corrected chi connectivity index (χ3v) is 3.17. The first-order valence-corrected chi connectivity index (χ1v) is 5.14. The SMILES string of the molecule is CN(C)[C@H]1CCc2cccc(O)c2C1. The Morgan fingerprint density at radius 1 is 1.36 bits per heavy atom. The van der Waals surface area contributed by atoms with Gasteiger partial charge in [0.05, 0.1) is 0 Å². The van der Waals surface area contributed by atoms with Crippen molar-refractivity contribution in [1.29, 1.82) is 0 Å². The smallest absolute Gasteiger partial charge is 0.119 e. The molecule has 1 atom stereocenters. The summed E-state index contributed by atoms with van der Waals surface area (Å²) in [5.41, 5.74) is 2.47. The van der Waals surface area contributed by atoms with Crippen LogP contribution in [0.4, 0.5) is 0 Å². The van der Waals surface area contributed by atoms with Crippen molar-refractivity contribution < 1.29 is 5.11 Å². The molecule has 0 saturated heterocycles. The van der Waals surface area contributed by atoms with Gasteiger partial charge in [-0.25, -0.2) is 0 Å². The van der Waals surface area contributed by atoms with Crippen LogP contribution in [0.3, 0.4) is 0 Å². The van der Waals surface area contributed by atoms with Crippen molar-refractivity contribution in [3.05, 3.63) is 29.3 Å². The molecule has 0 heterocycles. The molecule has 0 amide bonds. The molecular weight excluding hydrogens is 174 g/mol. The van der Waals surface area contributed by atoms with E-state index in [0.29, 0.717) is 11.8 Å². The van der Waals surface area contributed by atoms with Gasteiger partial charge in [0.15, 0.2) is 0 Å². The summed E-state index contributed by atoms with van der Waals surface area (Å²) < 4.78 is 0. The molecule has 76 valence electrons. The summed E-state index contributed by atoms with van der Waals surface area (Å²) in [7, 11) is 4.21. The molecule has 0 spiro atoms. The van der Waals surface area contributed by atoms with Crippen molar-refractivity contribution in [2.45, 2.75) is 25.3 Å².